The number of phenolic OH excluding ortho intramolecular Hbond substituents is 1. The van der Waals surface area contributed by atoms with Crippen molar-refractivity contribution in [2.45, 2.75) is 6.18 Å². The summed E-state index contributed by atoms with van der Waals surface area (Å²) in [5.41, 5.74) is 0.509. The Labute approximate surface area is 168 Å². The highest BCUT2D eigenvalue weighted by Crippen LogP contribution is 2.36. The molecule has 3 aromatic rings. The molecule has 0 bridgehead atoms. The molecule has 2 aromatic carbocycles. The summed E-state index contributed by atoms with van der Waals surface area (Å²) in [5, 5.41) is 17.4. The molecule has 0 aliphatic rings. The lowest BCUT2D eigenvalue weighted by molar-refractivity contribution is -0.192. The average Bonchev–Trinajstić information content (AvgIpc) is 2.65. The number of alkyl halides is 3. The van der Waals surface area contributed by atoms with Gasteiger partial charge >= 0.3 is 12.1 Å². The summed E-state index contributed by atoms with van der Waals surface area (Å²) < 4.78 is 56.6. The normalized spacial score (nSPS) is 10.8. The largest absolute Gasteiger partial charge is 0.504 e. The molecule has 154 valence electrons. The van der Waals surface area contributed by atoms with Crippen molar-refractivity contribution in [2.75, 3.05) is 7.11 Å². The third kappa shape index (κ3) is 5.44. The fourth-order valence-corrected chi connectivity index (χ4v) is 2.31. The monoisotopic (exact) mass is 478 g/mol. The number of aromatic nitrogens is 2. The van der Waals surface area contributed by atoms with Crippen LogP contribution >= 0.6 is 15.9 Å². The number of carboxylic acid groups (broad SMARTS) is 1. The first-order valence-electron chi connectivity index (χ1n) is 7.48. The van der Waals surface area contributed by atoms with Crippen molar-refractivity contribution in [1.82, 2.24) is 9.97 Å². The van der Waals surface area contributed by atoms with Crippen LogP contribution in [0, 0.1) is 5.82 Å². The van der Waals surface area contributed by atoms with E-state index in [1.165, 1.54) is 25.6 Å². The first kappa shape index (κ1) is 22.1. The molecule has 1 aromatic heterocycles. The summed E-state index contributed by atoms with van der Waals surface area (Å²) in [5.74, 6) is -2.93. The number of ether oxygens (including phenoxy) is 2. The molecule has 0 saturated carbocycles. The van der Waals surface area contributed by atoms with Crippen molar-refractivity contribution in [2.24, 2.45) is 0 Å². The topological polar surface area (TPSA) is 102 Å². The molecule has 3 rings (SSSR count). The van der Waals surface area contributed by atoms with Crippen LogP contribution in [0.4, 0.5) is 17.6 Å². The van der Waals surface area contributed by atoms with E-state index in [9.17, 15) is 22.7 Å². The third-order valence-corrected chi connectivity index (χ3v) is 3.88. The number of benzene rings is 2. The van der Waals surface area contributed by atoms with Crippen molar-refractivity contribution in [1.29, 1.82) is 0 Å². The number of carboxylic acids is 1. The van der Waals surface area contributed by atoms with E-state index in [4.69, 9.17) is 19.4 Å². The predicted molar refractivity (Wildman–Crippen MR) is 95.6 cm³/mol. The molecular weight excluding hydrogens is 468 g/mol. The maximum atomic E-state index is 14.0. The van der Waals surface area contributed by atoms with Gasteiger partial charge in [-0.2, -0.15) is 13.2 Å². The van der Waals surface area contributed by atoms with Gasteiger partial charge in [-0.15, -0.1) is 0 Å². The number of halogens is 5. The van der Waals surface area contributed by atoms with Gasteiger partial charge in [0.15, 0.2) is 23.1 Å². The Hall–Kier alpha value is -3.15. The number of methoxy groups -OCH3 is 1. The van der Waals surface area contributed by atoms with Crippen molar-refractivity contribution < 1.29 is 42.0 Å². The number of hydrogen-bond acceptors (Lipinski definition) is 6. The molecule has 0 unspecified atom stereocenters. The molecule has 2 N–H and O–H groups in total. The number of rotatable bonds is 3. The van der Waals surface area contributed by atoms with Gasteiger partial charge in [-0.05, 0) is 34.1 Å². The fraction of sp³-hybridized carbons (Fsp3) is 0.118. The van der Waals surface area contributed by atoms with Gasteiger partial charge in [0.05, 0.1) is 22.5 Å². The van der Waals surface area contributed by atoms with Crippen molar-refractivity contribution in [3.8, 4) is 23.1 Å². The molecule has 0 fully saturated rings. The Morgan fingerprint density at radius 2 is 1.83 bits per heavy atom. The van der Waals surface area contributed by atoms with E-state index < -0.39 is 18.0 Å². The van der Waals surface area contributed by atoms with Gasteiger partial charge in [0.1, 0.15) is 6.33 Å². The molecular formula is C17H11BrF4N2O5. The Morgan fingerprint density at radius 1 is 1.17 bits per heavy atom. The van der Waals surface area contributed by atoms with Crippen LogP contribution in [0.25, 0.3) is 10.9 Å². The zero-order valence-corrected chi connectivity index (χ0v) is 16.0. The Balaban J connectivity index is 0.000000370. The third-order valence-electron chi connectivity index (χ3n) is 3.26. The van der Waals surface area contributed by atoms with Crippen LogP contribution in [0.3, 0.4) is 0 Å². The number of hydrogen-bond donors (Lipinski definition) is 2. The summed E-state index contributed by atoms with van der Waals surface area (Å²) in [6, 6.07) is 7.66. The fourth-order valence-electron chi connectivity index (χ4n) is 1.96. The Bertz CT molecular complexity index is 1050. The summed E-state index contributed by atoms with van der Waals surface area (Å²) in [6.07, 6.45) is -3.79. The summed E-state index contributed by atoms with van der Waals surface area (Å²) in [4.78, 5) is 17.0. The second kappa shape index (κ2) is 8.90. The summed E-state index contributed by atoms with van der Waals surface area (Å²) in [7, 11) is 1.44. The molecule has 12 heteroatoms. The number of phenols is 1. The maximum Gasteiger partial charge on any atom is 0.490 e. The SMILES string of the molecule is COc1cc2ncnc(Oc3cccc(Br)c3F)c2cc1O.O=C(O)C(F)(F)F. The molecule has 29 heavy (non-hydrogen) atoms. The quantitative estimate of drug-likeness (QED) is 0.527. The van der Waals surface area contributed by atoms with E-state index in [0.717, 1.165) is 0 Å². The van der Waals surface area contributed by atoms with Crippen LogP contribution in [0.15, 0.2) is 41.1 Å². The highest BCUT2D eigenvalue weighted by molar-refractivity contribution is 9.10. The number of nitrogens with zero attached hydrogens (tertiary/aromatic N) is 2. The molecule has 0 aliphatic carbocycles. The summed E-state index contributed by atoms with van der Waals surface area (Å²) >= 11 is 3.10. The van der Waals surface area contributed by atoms with E-state index in [1.54, 1.807) is 18.2 Å². The maximum absolute atomic E-state index is 14.0. The first-order valence-corrected chi connectivity index (χ1v) is 8.27. The lowest BCUT2D eigenvalue weighted by Crippen LogP contribution is -2.21. The van der Waals surface area contributed by atoms with Crippen LogP contribution in [0.2, 0.25) is 0 Å². The van der Waals surface area contributed by atoms with Gasteiger partial charge in [-0.25, -0.2) is 19.2 Å². The van der Waals surface area contributed by atoms with E-state index >= 15 is 0 Å². The van der Waals surface area contributed by atoms with E-state index in [-0.39, 0.29) is 27.6 Å². The van der Waals surface area contributed by atoms with E-state index in [2.05, 4.69) is 25.9 Å². The molecule has 0 spiro atoms. The van der Waals surface area contributed by atoms with Crippen molar-refractivity contribution in [3.05, 3.63) is 46.9 Å². The smallest absolute Gasteiger partial charge is 0.490 e. The van der Waals surface area contributed by atoms with Crippen LogP contribution in [0.5, 0.6) is 23.1 Å². The van der Waals surface area contributed by atoms with Gasteiger partial charge in [0.25, 0.3) is 0 Å². The highest BCUT2D eigenvalue weighted by Gasteiger charge is 2.38. The van der Waals surface area contributed by atoms with Gasteiger partial charge in [0.2, 0.25) is 5.88 Å². The van der Waals surface area contributed by atoms with Crippen molar-refractivity contribution >= 4 is 32.8 Å². The lowest BCUT2D eigenvalue weighted by atomic mass is 10.2. The molecule has 0 aliphatic heterocycles. The molecule has 7 nitrogen and oxygen atoms in total. The minimum Gasteiger partial charge on any atom is -0.504 e. The Kier molecular flexibility index (Phi) is 6.80. The lowest BCUT2D eigenvalue weighted by Gasteiger charge is -2.10. The number of aromatic hydroxyl groups is 1. The average molecular weight is 479 g/mol. The first-order chi connectivity index (χ1) is 13.5. The molecule has 0 saturated heterocycles. The number of fused-ring (bicyclic) bond motifs is 1. The van der Waals surface area contributed by atoms with Crippen molar-refractivity contribution in [3.63, 3.8) is 0 Å². The van der Waals surface area contributed by atoms with Crippen LogP contribution in [-0.2, 0) is 4.79 Å². The van der Waals surface area contributed by atoms with Gasteiger partial charge < -0.3 is 19.7 Å². The van der Waals surface area contributed by atoms with E-state index in [1.807, 2.05) is 0 Å². The minimum absolute atomic E-state index is 0.0182. The molecule has 1 heterocycles. The summed E-state index contributed by atoms with van der Waals surface area (Å²) in [6.45, 7) is 0. The van der Waals surface area contributed by atoms with Gasteiger partial charge in [-0.1, -0.05) is 6.07 Å². The van der Waals surface area contributed by atoms with Gasteiger partial charge in [-0.3, -0.25) is 0 Å². The Morgan fingerprint density at radius 3 is 2.41 bits per heavy atom. The second-order valence-electron chi connectivity index (χ2n) is 5.18. The second-order valence-corrected chi connectivity index (χ2v) is 6.03. The van der Waals surface area contributed by atoms with Gasteiger partial charge in [0, 0.05) is 6.07 Å². The predicted octanol–water partition coefficient (Wildman–Crippen LogP) is 4.67. The van der Waals surface area contributed by atoms with Crippen LogP contribution < -0.4 is 9.47 Å². The zero-order valence-electron chi connectivity index (χ0n) is 14.4. The zero-order chi connectivity index (χ0) is 21.8. The van der Waals surface area contributed by atoms with Crippen LogP contribution in [-0.4, -0.2) is 39.4 Å². The van der Waals surface area contributed by atoms with E-state index in [0.29, 0.717) is 10.9 Å². The van der Waals surface area contributed by atoms with Crippen LogP contribution in [0.1, 0.15) is 0 Å². The molecule has 0 atom stereocenters. The standard InChI is InChI=1S/C15H10BrFN2O3.C2HF3O2/c1-21-13-6-10-8(5-11(13)20)15(19-7-18-10)22-12-4-2-3-9(16)14(12)17;3-2(4,5)1(6)7/h2-7,20H,1H3;(H,6,7). The molecule has 0 radical (unpaired) electrons. The minimum atomic E-state index is -5.08. The number of carbonyl (C=O) groups is 1. The molecule has 0 amide bonds. The highest BCUT2D eigenvalue weighted by atomic mass is 79.9. The number of aliphatic carboxylic acids is 1.